The van der Waals surface area contributed by atoms with E-state index in [4.69, 9.17) is 0 Å². The highest BCUT2D eigenvalue weighted by Gasteiger charge is 2.17. The topological polar surface area (TPSA) is 80.1 Å². The van der Waals surface area contributed by atoms with Crippen LogP contribution < -0.4 is 10.6 Å². The summed E-state index contributed by atoms with van der Waals surface area (Å²) < 4.78 is 0. The van der Waals surface area contributed by atoms with Gasteiger partial charge < -0.3 is 10.6 Å². The van der Waals surface area contributed by atoms with Gasteiger partial charge in [0, 0.05) is 18.3 Å². The Bertz CT molecular complexity index is 651. The lowest BCUT2D eigenvalue weighted by Crippen LogP contribution is -2.21. The average molecular weight is 286 g/mol. The molecule has 0 spiro atoms. The summed E-state index contributed by atoms with van der Waals surface area (Å²) in [4.78, 5) is 15.1. The van der Waals surface area contributed by atoms with Crippen LogP contribution in [0.5, 0.6) is 0 Å². The molecule has 1 unspecified atom stereocenters. The molecule has 0 aliphatic carbocycles. The maximum absolute atomic E-state index is 11.1. The molecule has 2 heterocycles. The van der Waals surface area contributed by atoms with Crippen LogP contribution in [0.3, 0.4) is 0 Å². The van der Waals surface area contributed by atoms with Crippen LogP contribution in [-0.4, -0.2) is 29.0 Å². The Morgan fingerprint density at radius 1 is 1.29 bits per heavy atom. The third-order valence-electron chi connectivity index (χ3n) is 3.88. The van der Waals surface area contributed by atoms with Crippen molar-refractivity contribution in [2.45, 2.75) is 25.3 Å². The Morgan fingerprint density at radius 2 is 2.19 bits per heavy atom. The van der Waals surface area contributed by atoms with Crippen molar-refractivity contribution in [1.29, 1.82) is 0 Å². The van der Waals surface area contributed by atoms with E-state index in [0.717, 1.165) is 38.0 Å². The molecule has 0 radical (unpaired) electrons. The Labute approximate surface area is 122 Å². The van der Waals surface area contributed by atoms with Crippen LogP contribution in [0.15, 0.2) is 30.5 Å². The molecule has 6 heteroatoms. The first-order chi connectivity index (χ1) is 10.3. The molecule has 3 rings (SSSR count). The van der Waals surface area contributed by atoms with Crippen molar-refractivity contribution < 1.29 is 4.92 Å². The average Bonchev–Trinajstić information content (AvgIpc) is 2.76. The van der Waals surface area contributed by atoms with Gasteiger partial charge in [0.15, 0.2) is 0 Å². The minimum atomic E-state index is -0.358. The van der Waals surface area contributed by atoms with E-state index in [1.807, 2.05) is 0 Å². The molecule has 1 aliphatic rings. The summed E-state index contributed by atoms with van der Waals surface area (Å²) in [5.74, 6) is 0. The first-order valence-electron chi connectivity index (χ1n) is 7.25. The number of nitrogens with zero attached hydrogens (tertiary/aromatic N) is 2. The molecule has 1 atom stereocenters. The number of hydrogen-bond acceptors (Lipinski definition) is 5. The van der Waals surface area contributed by atoms with E-state index in [-0.39, 0.29) is 10.6 Å². The molecule has 0 saturated carbocycles. The maximum Gasteiger partial charge on any atom is 0.278 e. The van der Waals surface area contributed by atoms with Gasteiger partial charge in [-0.1, -0.05) is 0 Å². The summed E-state index contributed by atoms with van der Waals surface area (Å²) >= 11 is 0. The van der Waals surface area contributed by atoms with Gasteiger partial charge in [0.25, 0.3) is 5.69 Å². The second kappa shape index (κ2) is 6.05. The third kappa shape index (κ3) is 2.95. The standard InChI is InChI=1S/C15H18N4O2/c20-19(21)14-6-5-13(15-12(14)4-2-9-17-15)18-11-3-1-8-16-10-7-11/h2,4-6,9,11,16,18H,1,3,7-8,10H2. The number of benzene rings is 1. The van der Waals surface area contributed by atoms with Gasteiger partial charge in [-0.2, -0.15) is 0 Å². The first-order valence-corrected chi connectivity index (χ1v) is 7.25. The van der Waals surface area contributed by atoms with Gasteiger partial charge in [0.05, 0.1) is 16.0 Å². The van der Waals surface area contributed by atoms with E-state index < -0.39 is 0 Å². The summed E-state index contributed by atoms with van der Waals surface area (Å²) in [6.07, 6.45) is 4.95. The molecule has 1 saturated heterocycles. The van der Waals surface area contributed by atoms with Gasteiger partial charge in [-0.05, 0) is 50.6 Å². The number of non-ortho nitro benzene ring substituents is 1. The lowest BCUT2D eigenvalue weighted by molar-refractivity contribution is -0.383. The van der Waals surface area contributed by atoms with Gasteiger partial charge in [-0.25, -0.2) is 0 Å². The van der Waals surface area contributed by atoms with Gasteiger partial charge in [0.2, 0.25) is 0 Å². The predicted molar refractivity (Wildman–Crippen MR) is 82.5 cm³/mol. The zero-order chi connectivity index (χ0) is 14.7. The molecule has 21 heavy (non-hydrogen) atoms. The van der Waals surface area contributed by atoms with Crippen LogP contribution in [-0.2, 0) is 0 Å². The molecule has 0 amide bonds. The number of nitrogens with one attached hydrogen (secondary N) is 2. The van der Waals surface area contributed by atoms with Crippen molar-refractivity contribution in [2.24, 2.45) is 0 Å². The molecule has 1 aromatic carbocycles. The van der Waals surface area contributed by atoms with E-state index in [0.29, 0.717) is 16.9 Å². The minimum Gasteiger partial charge on any atom is -0.380 e. The van der Waals surface area contributed by atoms with Crippen LogP contribution >= 0.6 is 0 Å². The zero-order valence-corrected chi connectivity index (χ0v) is 11.7. The van der Waals surface area contributed by atoms with Crippen molar-refractivity contribution >= 4 is 22.3 Å². The summed E-state index contributed by atoms with van der Waals surface area (Å²) in [6.45, 7) is 2.05. The first kappa shape index (κ1) is 13.8. The smallest absolute Gasteiger partial charge is 0.278 e. The molecule has 1 fully saturated rings. The molecular formula is C15H18N4O2. The molecule has 6 nitrogen and oxygen atoms in total. The number of anilines is 1. The Hall–Kier alpha value is -2.21. The predicted octanol–water partition coefficient (Wildman–Crippen LogP) is 2.70. The maximum atomic E-state index is 11.1. The number of nitro benzene ring substituents is 1. The lowest BCUT2D eigenvalue weighted by Gasteiger charge is -2.18. The Kier molecular flexibility index (Phi) is 3.96. The number of nitro groups is 1. The van der Waals surface area contributed by atoms with Gasteiger partial charge in [-0.15, -0.1) is 0 Å². The van der Waals surface area contributed by atoms with E-state index in [2.05, 4.69) is 15.6 Å². The SMILES string of the molecule is O=[N+]([O-])c1ccc(NC2CCCNCC2)c2ncccc12. The summed E-state index contributed by atoms with van der Waals surface area (Å²) in [5.41, 5.74) is 1.65. The molecule has 2 N–H and O–H groups in total. The van der Waals surface area contributed by atoms with Gasteiger partial charge >= 0.3 is 0 Å². The van der Waals surface area contributed by atoms with Crippen LogP contribution in [0.25, 0.3) is 10.9 Å². The second-order valence-corrected chi connectivity index (χ2v) is 5.31. The van der Waals surface area contributed by atoms with Crippen molar-refractivity contribution in [3.8, 4) is 0 Å². The molecule has 1 aliphatic heterocycles. The van der Waals surface area contributed by atoms with Crippen molar-refractivity contribution in [1.82, 2.24) is 10.3 Å². The summed E-state index contributed by atoms with van der Waals surface area (Å²) in [5, 5.41) is 18.6. The highest BCUT2D eigenvalue weighted by atomic mass is 16.6. The van der Waals surface area contributed by atoms with Crippen molar-refractivity contribution in [2.75, 3.05) is 18.4 Å². The fourth-order valence-corrected chi connectivity index (χ4v) is 2.82. The molecule has 110 valence electrons. The van der Waals surface area contributed by atoms with Crippen LogP contribution in [0.2, 0.25) is 0 Å². The number of fused-ring (bicyclic) bond motifs is 1. The summed E-state index contributed by atoms with van der Waals surface area (Å²) in [6, 6.07) is 7.19. The van der Waals surface area contributed by atoms with Crippen LogP contribution in [0, 0.1) is 10.1 Å². The monoisotopic (exact) mass is 286 g/mol. The van der Waals surface area contributed by atoms with Crippen LogP contribution in [0.4, 0.5) is 11.4 Å². The van der Waals surface area contributed by atoms with E-state index in [9.17, 15) is 10.1 Å². The summed E-state index contributed by atoms with van der Waals surface area (Å²) in [7, 11) is 0. The second-order valence-electron chi connectivity index (χ2n) is 5.31. The number of aromatic nitrogens is 1. The lowest BCUT2D eigenvalue weighted by atomic mass is 10.1. The Balaban J connectivity index is 1.95. The molecule has 2 aromatic rings. The zero-order valence-electron chi connectivity index (χ0n) is 11.7. The molecule has 0 bridgehead atoms. The van der Waals surface area contributed by atoms with Crippen LogP contribution in [0.1, 0.15) is 19.3 Å². The fourth-order valence-electron chi connectivity index (χ4n) is 2.82. The number of pyridine rings is 1. The number of hydrogen-bond donors (Lipinski definition) is 2. The minimum absolute atomic E-state index is 0.103. The van der Waals surface area contributed by atoms with Crippen molar-refractivity contribution in [3.05, 3.63) is 40.6 Å². The van der Waals surface area contributed by atoms with E-state index in [1.54, 1.807) is 30.5 Å². The largest absolute Gasteiger partial charge is 0.380 e. The van der Waals surface area contributed by atoms with Gasteiger partial charge in [0.1, 0.15) is 5.52 Å². The fraction of sp³-hybridized carbons (Fsp3) is 0.400. The molecular weight excluding hydrogens is 268 g/mol. The number of rotatable bonds is 3. The highest BCUT2D eigenvalue weighted by molar-refractivity contribution is 5.96. The van der Waals surface area contributed by atoms with Crippen molar-refractivity contribution in [3.63, 3.8) is 0 Å². The quantitative estimate of drug-likeness (QED) is 0.670. The van der Waals surface area contributed by atoms with E-state index >= 15 is 0 Å². The highest BCUT2D eigenvalue weighted by Crippen LogP contribution is 2.30. The molecule has 1 aromatic heterocycles. The third-order valence-corrected chi connectivity index (χ3v) is 3.88. The van der Waals surface area contributed by atoms with E-state index in [1.165, 1.54) is 0 Å². The normalized spacial score (nSPS) is 19.1. The van der Waals surface area contributed by atoms with Gasteiger partial charge in [-0.3, -0.25) is 15.1 Å². The Morgan fingerprint density at radius 3 is 3.05 bits per heavy atom.